The van der Waals surface area contributed by atoms with E-state index in [1.807, 2.05) is 0 Å². The Bertz CT molecular complexity index is 1450. The van der Waals surface area contributed by atoms with Gasteiger partial charge in [0.15, 0.2) is 0 Å². The van der Waals surface area contributed by atoms with E-state index in [0.717, 1.165) is 4.90 Å². The molecule has 9 nitrogen and oxygen atoms in total. The Labute approximate surface area is 224 Å². The van der Waals surface area contributed by atoms with E-state index in [9.17, 15) is 19.2 Å². The molecule has 0 saturated heterocycles. The number of anilines is 1. The lowest BCUT2D eigenvalue weighted by Crippen LogP contribution is -2.29. The second-order valence-corrected chi connectivity index (χ2v) is 8.19. The number of benzene rings is 3. The molecule has 4 rings (SSSR count). The fraction of sp³-hybridized carbons (Fsp3) is 0.100. The molecule has 0 bridgehead atoms. The van der Waals surface area contributed by atoms with E-state index in [4.69, 9.17) is 19.5 Å². The SMILES string of the molecule is N#CCCCOc1ccc(C(=O)Oc2ccc(/C=C/C(=O)Oc3ccc(N4C(=O)C=CC4=O)cc3)cc2)cc1. The maximum absolute atomic E-state index is 12.4. The Kier molecular flexibility index (Phi) is 8.62. The smallest absolute Gasteiger partial charge is 0.343 e. The minimum Gasteiger partial charge on any atom is -0.494 e. The number of rotatable bonds is 10. The summed E-state index contributed by atoms with van der Waals surface area (Å²) in [6, 6.07) is 21.1. The average molecular weight is 523 g/mol. The number of nitrogens with zero attached hydrogens (tertiary/aromatic N) is 2. The molecular weight excluding hydrogens is 500 g/mol. The van der Waals surface area contributed by atoms with Crippen molar-refractivity contribution in [1.82, 2.24) is 0 Å². The molecule has 0 aliphatic carbocycles. The van der Waals surface area contributed by atoms with E-state index in [0.29, 0.717) is 47.8 Å². The minimum absolute atomic E-state index is 0.251. The first kappa shape index (κ1) is 26.6. The van der Waals surface area contributed by atoms with Crippen molar-refractivity contribution >= 4 is 35.5 Å². The highest BCUT2D eigenvalue weighted by Crippen LogP contribution is 2.23. The summed E-state index contributed by atoms with van der Waals surface area (Å²) < 4.78 is 16.2. The van der Waals surface area contributed by atoms with Gasteiger partial charge in [0.05, 0.1) is 23.9 Å². The molecule has 1 aliphatic rings. The van der Waals surface area contributed by atoms with Gasteiger partial charge in [-0.1, -0.05) is 12.1 Å². The van der Waals surface area contributed by atoms with Crippen molar-refractivity contribution in [1.29, 1.82) is 5.26 Å². The first-order valence-corrected chi connectivity index (χ1v) is 11.9. The van der Waals surface area contributed by atoms with E-state index >= 15 is 0 Å². The predicted octanol–water partition coefficient (Wildman–Crippen LogP) is 4.64. The van der Waals surface area contributed by atoms with Gasteiger partial charge in [-0.05, 0) is 78.7 Å². The number of nitriles is 1. The number of imide groups is 1. The first-order chi connectivity index (χ1) is 18.9. The molecule has 0 fully saturated rings. The standard InChI is InChI=1S/C30H22N2O7/c31-19-1-2-20-37-24-12-6-22(7-13-24)30(36)39-26-10-3-21(4-11-26)5-18-29(35)38-25-14-8-23(9-15-25)32-27(33)16-17-28(32)34/h3-18H,1-2,20H2/b18-5+. The topological polar surface area (TPSA) is 123 Å². The lowest BCUT2D eigenvalue weighted by Gasteiger charge is -2.13. The number of esters is 2. The minimum atomic E-state index is -0.620. The fourth-order valence-electron chi connectivity index (χ4n) is 3.47. The van der Waals surface area contributed by atoms with Gasteiger partial charge in [-0.3, -0.25) is 9.59 Å². The molecule has 0 spiro atoms. The Balaban J connectivity index is 1.26. The third-order valence-electron chi connectivity index (χ3n) is 5.42. The van der Waals surface area contributed by atoms with Crippen LogP contribution in [-0.4, -0.2) is 30.4 Å². The second-order valence-electron chi connectivity index (χ2n) is 8.19. The maximum Gasteiger partial charge on any atom is 0.343 e. The van der Waals surface area contributed by atoms with Crippen molar-refractivity contribution in [2.75, 3.05) is 11.5 Å². The second kappa shape index (κ2) is 12.7. The van der Waals surface area contributed by atoms with Crippen LogP contribution in [-0.2, 0) is 14.4 Å². The highest BCUT2D eigenvalue weighted by Gasteiger charge is 2.24. The van der Waals surface area contributed by atoms with Crippen molar-refractivity contribution in [3.63, 3.8) is 0 Å². The lowest BCUT2D eigenvalue weighted by atomic mass is 10.2. The van der Waals surface area contributed by atoms with Crippen LogP contribution in [0.25, 0.3) is 6.08 Å². The van der Waals surface area contributed by atoms with Gasteiger partial charge in [0.2, 0.25) is 0 Å². The van der Waals surface area contributed by atoms with Crippen LogP contribution in [0.5, 0.6) is 17.2 Å². The van der Waals surface area contributed by atoms with Crippen molar-refractivity contribution in [3.8, 4) is 23.3 Å². The van der Waals surface area contributed by atoms with E-state index in [2.05, 4.69) is 6.07 Å². The molecule has 0 unspecified atom stereocenters. The summed E-state index contributed by atoms with van der Waals surface area (Å²) >= 11 is 0. The fourth-order valence-corrected chi connectivity index (χ4v) is 3.47. The van der Waals surface area contributed by atoms with Gasteiger partial charge < -0.3 is 14.2 Å². The monoisotopic (exact) mass is 522 g/mol. The Hall–Kier alpha value is -5.49. The largest absolute Gasteiger partial charge is 0.494 e. The molecule has 0 saturated carbocycles. The summed E-state index contributed by atoms with van der Waals surface area (Å²) in [6.45, 7) is 0.423. The summed E-state index contributed by atoms with van der Waals surface area (Å²) in [5.74, 6) is -0.827. The summed E-state index contributed by atoms with van der Waals surface area (Å²) in [7, 11) is 0. The van der Waals surface area contributed by atoms with Gasteiger partial charge in [0.25, 0.3) is 11.8 Å². The van der Waals surface area contributed by atoms with Gasteiger partial charge in [0, 0.05) is 24.6 Å². The average Bonchev–Trinajstić information content (AvgIpc) is 3.29. The summed E-state index contributed by atoms with van der Waals surface area (Å²) in [5.41, 5.74) is 1.41. The van der Waals surface area contributed by atoms with Crippen molar-refractivity contribution in [3.05, 3.63) is 102 Å². The molecule has 9 heteroatoms. The molecule has 1 heterocycles. The number of hydrogen-bond acceptors (Lipinski definition) is 8. The van der Waals surface area contributed by atoms with Crippen LogP contribution >= 0.6 is 0 Å². The van der Waals surface area contributed by atoms with Crippen LogP contribution in [0.15, 0.2) is 91.0 Å². The third-order valence-corrected chi connectivity index (χ3v) is 5.42. The number of hydrogen-bond donors (Lipinski definition) is 0. The van der Waals surface area contributed by atoms with E-state index in [1.54, 1.807) is 54.6 Å². The zero-order chi connectivity index (χ0) is 27.6. The highest BCUT2D eigenvalue weighted by molar-refractivity contribution is 6.28. The number of amides is 2. The summed E-state index contributed by atoms with van der Waals surface area (Å²) in [4.78, 5) is 49.1. The van der Waals surface area contributed by atoms with Crippen molar-refractivity contribution in [2.45, 2.75) is 12.8 Å². The zero-order valence-electron chi connectivity index (χ0n) is 20.6. The number of carbonyl (C=O) groups is 4. The Morgan fingerprint density at radius 2 is 1.38 bits per heavy atom. The molecule has 0 radical (unpaired) electrons. The summed E-state index contributed by atoms with van der Waals surface area (Å²) in [6.07, 6.45) is 6.22. The lowest BCUT2D eigenvalue weighted by molar-refractivity contribution is -0.129. The molecule has 2 amide bonds. The van der Waals surface area contributed by atoms with E-state index in [-0.39, 0.29) is 5.75 Å². The van der Waals surface area contributed by atoms with Crippen molar-refractivity contribution in [2.24, 2.45) is 0 Å². The van der Waals surface area contributed by atoms with Gasteiger partial charge >= 0.3 is 11.9 Å². The molecule has 0 N–H and O–H groups in total. The normalized spacial score (nSPS) is 12.4. The molecule has 0 atom stereocenters. The van der Waals surface area contributed by atoms with Crippen LogP contribution in [0.1, 0.15) is 28.8 Å². The molecule has 0 aromatic heterocycles. The number of ether oxygens (including phenoxy) is 3. The van der Waals surface area contributed by atoms with Crippen LogP contribution < -0.4 is 19.1 Å². The maximum atomic E-state index is 12.4. The third kappa shape index (κ3) is 7.27. The van der Waals surface area contributed by atoms with Crippen LogP contribution in [0.4, 0.5) is 5.69 Å². The quantitative estimate of drug-likeness (QED) is 0.124. The molecule has 39 heavy (non-hydrogen) atoms. The molecule has 3 aromatic rings. The van der Waals surface area contributed by atoms with Gasteiger partial charge in [-0.25, -0.2) is 14.5 Å². The molecular formula is C30H22N2O7. The first-order valence-electron chi connectivity index (χ1n) is 11.9. The van der Waals surface area contributed by atoms with Gasteiger partial charge in [0.1, 0.15) is 17.2 Å². The molecule has 194 valence electrons. The van der Waals surface area contributed by atoms with Crippen LogP contribution in [0.3, 0.4) is 0 Å². The number of carbonyl (C=O) groups excluding carboxylic acids is 4. The molecule has 1 aliphatic heterocycles. The Morgan fingerprint density at radius 3 is 2.03 bits per heavy atom. The summed E-state index contributed by atoms with van der Waals surface area (Å²) in [5, 5.41) is 8.54. The van der Waals surface area contributed by atoms with E-state index in [1.165, 1.54) is 42.5 Å². The van der Waals surface area contributed by atoms with Crippen LogP contribution in [0, 0.1) is 11.3 Å². The molecule has 3 aromatic carbocycles. The van der Waals surface area contributed by atoms with Gasteiger partial charge in [-0.2, -0.15) is 5.26 Å². The van der Waals surface area contributed by atoms with Crippen LogP contribution in [0.2, 0.25) is 0 Å². The highest BCUT2D eigenvalue weighted by atomic mass is 16.5. The predicted molar refractivity (Wildman–Crippen MR) is 141 cm³/mol. The van der Waals surface area contributed by atoms with Crippen molar-refractivity contribution < 1.29 is 33.4 Å². The zero-order valence-corrected chi connectivity index (χ0v) is 20.6. The Morgan fingerprint density at radius 1 is 0.795 bits per heavy atom. The van der Waals surface area contributed by atoms with E-state index < -0.39 is 23.8 Å². The van der Waals surface area contributed by atoms with Gasteiger partial charge in [-0.15, -0.1) is 0 Å². The number of unbranched alkanes of at least 4 members (excludes halogenated alkanes) is 1.